The zero-order valence-electron chi connectivity index (χ0n) is 16.8. The Bertz CT molecular complexity index is 938. The van der Waals surface area contributed by atoms with Crippen molar-refractivity contribution in [3.8, 4) is 6.07 Å². The molecule has 0 unspecified atom stereocenters. The van der Waals surface area contributed by atoms with Crippen LogP contribution >= 0.6 is 0 Å². The van der Waals surface area contributed by atoms with Crippen LogP contribution in [0.15, 0.2) is 54.6 Å². The average Bonchev–Trinajstić information content (AvgIpc) is 2.76. The number of aliphatic hydroxyl groups is 1. The summed E-state index contributed by atoms with van der Waals surface area (Å²) in [7, 11) is 0. The van der Waals surface area contributed by atoms with Crippen molar-refractivity contribution in [1.29, 1.82) is 5.26 Å². The van der Waals surface area contributed by atoms with Crippen LogP contribution in [0.4, 0.5) is 4.79 Å². The SMILES string of the molecule is C[C@@H](O)[C@H](NC(=O)OCc1ccccc1)C(=O)N[C@@H](Cc1ccc(C#N)cc1)C(=O)O. The van der Waals surface area contributed by atoms with Crippen molar-refractivity contribution < 1.29 is 29.3 Å². The van der Waals surface area contributed by atoms with Gasteiger partial charge in [-0.05, 0) is 30.2 Å². The van der Waals surface area contributed by atoms with Crippen molar-refractivity contribution in [2.45, 2.75) is 38.1 Å². The number of ether oxygens (including phenoxy) is 1. The van der Waals surface area contributed by atoms with Gasteiger partial charge in [0.2, 0.25) is 5.91 Å². The molecule has 0 fully saturated rings. The number of nitrogens with zero attached hydrogens (tertiary/aromatic N) is 1. The number of aliphatic hydroxyl groups excluding tert-OH is 1. The Hall–Kier alpha value is -3.90. The van der Waals surface area contributed by atoms with Gasteiger partial charge in [0.25, 0.3) is 0 Å². The van der Waals surface area contributed by atoms with E-state index in [1.807, 2.05) is 12.1 Å². The first-order valence-corrected chi connectivity index (χ1v) is 9.47. The van der Waals surface area contributed by atoms with E-state index in [9.17, 15) is 24.6 Å². The maximum absolute atomic E-state index is 12.6. The van der Waals surface area contributed by atoms with Crippen LogP contribution in [0.2, 0.25) is 0 Å². The lowest BCUT2D eigenvalue weighted by Gasteiger charge is -2.23. The monoisotopic (exact) mass is 425 g/mol. The molecule has 0 aromatic heterocycles. The van der Waals surface area contributed by atoms with Crippen LogP contribution in [-0.4, -0.2) is 46.4 Å². The van der Waals surface area contributed by atoms with E-state index in [4.69, 9.17) is 10.00 Å². The number of carbonyl (C=O) groups is 3. The van der Waals surface area contributed by atoms with E-state index in [1.165, 1.54) is 6.92 Å². The first-order chi connectivity index (χ1) is 14.8. The number of rotatable bonds is 9. The van der Waals surface area contributed by atoms with Gasteiger partial charge in [0, 0.05) is 6.42 Å². The summed E-state index contributed by atoms with van der Waals surface area (Å²) in [6.07, 6.45) is -2.27. The van der Waals surface area contributed by atoms with Gasteiger partial charge in [-0.1, -0.05) is 42.5 Å². The topological polar surface area (TPSA) is 149 Å². The molecule has 0 saturated heterocycles. The number of nitrogens with one attached hydrogen (secondary N) is 2. The van der Waals surface area contributed by atoms with Crippen LogP contribution in [0, 0.1) is 11.3 Å². The summed E-state index contributed by atoms with van der Waals surface area (Å²) in [6.45, 7) is 1.26. The van der Waals surface area contributed by atoms with Gasteiger partial charge in [-0.25, -0.2) is 9.59 Å². The molecular formula is C22H23N3O6. The number of carboxylic acids is 1. The van der Waals surface area contributed by atoms with E-state index >= 15 is 0 Å². The van der Waals surface area contributed by atoms with Crippen LogP contribution in [0.25, 0.3) is 0 Å². The van der Waals surface area contributed by atoms with E-state index in [1.54, 1.807) is 48.5 Å². The molecule has 0 aliphatic heterocycles. The number of aliphatic carboxylic acids is 1. The Balaban J connectivity index is 1.98. The van der Waals surface area contributed by atoms with Crippen LogP contribution in [0.1, 0.15) is 23.6 Å². The van der Waals surface area contributed by atoms with Crippen molar-refractivity contribution >= 4 is 18.0 Å². The summed E-state index contributed by atoms with van der Waals surface area (Å²) < 4.78 is 5.04. The molecule has 9 heteroatoms. The highest BCUT2D eigenvalue weighted by molar-refractivity contribution is 5.89. The highest BCUT2D eigenvalue weighted by Crippen LogP contribution is 2.08. The lowest BCUT2D eigenvalue weighted by Crippen LogP contribution is -2.56. The smallest absolute Gasteiger partial charge is 0.408 e. The van der Waals surface area contributed by atoms with Gasteiger partial charge in [0.05, 0.1) is 17.7 Å². The van der Waals surface area contributed by atoms with Gasteiger partial charge in [-0.2, -0.15) is 5.26 Å². The number of carbonyl (C=O) groups excluding carboxylic acids is 2. The first kappa shape index (κ1) is 23.4. The largest absolute Gasteiger partial charge is 0.480 e. The van der Waals surface area contributed by atoms with Gasteiger partial charge in [0.1, 0.15) is 18.7 Å². The Morgan fingerprint density at radius 3 is 2.23 bits per heavy atom. The molecule has 2 aromatic carbocycles. The molecule has 0 heterocycles. The summed E-state index contributed by atoms with van der Waals surface area (Å²) in [5.74, 6) is -2.15. The Kier molecular flexibility index (Phi) is 8.54. The minimum atomic E-state index is -1.41. The van der Waals surface area contributed by atoms with E-state index < -0.39 is 36.2 Å². The van der Waals surface area contributed by atoms with Crippen LogP contribution in [-0.2, 0) is 27.4 Å². The minimum absolute atomic E-state index is 0.0305. The fourth-order valence-corrected chi connectivity index (χ4v) is 2.71. The molecule has 162 valence electrons. The fourth-order valence-electron chi connectivity index (χ4n) is 2.71. The molecule has 2 rings (SSSR count). The molecule has 0 aliphatic carbocycles. The molecule has 0 radical (unpaired) electrons. The highest BCUT2D eigenvalue weighted by Gasteiger charge is 2.30. The number of nitriles is 1. The van der Waals surface area contributed by atoms with E-state index in [0.717, 1.165) is 5.56 Å². The summed E-state index contributed by atoms with van der Waals surface area (Å²) >= 11 is 0. The van der Waals surface area contributed by atoms with Crippen molar-refractivity contribution in [2.75, 3.05) is 0 Å². The second kappa shape index (κ2) is 11.3. The normalized spacial score (nSPS) is 13.2. The summed E-state index contributed by atoms with van der Waals surface area (Å²) in [5, 5.41) is 32.8. The lowest BCUT2D eigenvalue weighted by molar-refractivity contribution is -0.142. The Labute approximate surface area is 179 Å². The van der Waals surface area contributed by atoms with E-state index in [-0.39, 0.29) is 13.0 Å². The van der Waals surface area contributed by atoms with Gasteiger partial charge in [-0.3, -0.25) is 4.79 Å². The van der Waals surface area contributed by atoms with E-state index in [2.05, 4.69) is 10.6 Å². The Morgan fingerprint density at radius 1 is 1.03 bits per heavy atom. The molecule has 0 saturated carbocycles. The zero-order chi connectivity index (χ0) is 22.8. The van der Waals surface area contributed by atoms with Gasteiger partial charge >= 0.3 is 12.1 Å². The number of alkyl carbamates (subject to hydrolysis) is 1. The number of carboxylic acid groups (broad SMARTS) is 1. The summed E-state index contributed by atoms with van der Waals surface area (Å²) in [5.41, 5.74) is 1.76. The molecule has 4 N–H and O–H groups in total. The summed E-state index contributed by atoms with van der Waals surface area (Å²) in [6, 6.07) is 14.4. The third-order valence-corrected chi connectivity index (χ3v) is 4.39. The van der Waals surface area contributed by atoms with Crippen molar-refractivity contribution in [1.82, 2.24) is 10.6 Å². The predicted octanol–water partition coefficient (Wildman–Crippen LogP) is 1.35. The van der Waals surface area contributed by atoms with Crippen molar-refractivity contribution in [2.24, 2.45) is 0 Å². The zero-order valence-corrected chi connectivity index (χ0v) is 16.8. The fraction of sp³-hybridized carbons (Fsp3) is 0.273. The maximum atomic E-state index is 12.6. The van der Waals surface area contributed by atoms with Crippen molar-refractivity contribution in [3.05, 3.63) is 71.3 Å². The number of amides is 2. The highest BCUT2D eigenvalue weighted by atomic mass is 16.5. The average molecular weight is 425 g/mol. The maximum Gasteiger partial charge on any atom is 0.408 e. The molecular weight excluding hydrogens is 402 g/mol. The van der Waals surface area contributed by atoms with Crippen LogP contribution < -0.4 is 10.6 Å². The molecule has 0 aliphatic rings. The quantitative estimate of drug-likeness (QED) is 0.474. The third-order valence-electron chi connectivity index (χ3n) is 4.39. The van der Waals surface area contributed by atoms with Gasteiger partial charge in [-0.15, -0.1) is 0 Å². The second-order valence-corrected chi connectivity index (χ2v) is 6.84. The second-order valence-electron chi connectivity index (χ2n) is 6.84. The molecule has 2 aromatic rings. The lowest BCUT2D eigenvalue weighted by atomic mass is 10.0. The third kappa shape index (κ3) is 7.45. The van der Waals surface area contributed by atoms with Gasteiger partial charge < -0.3 is 25.6 Å². The molecule has 0 spiro atoms. The molecule has 9 nitrogen and oxygen atoms in total. The first-order valence-electron chi connectivity index (χ1n) is 9.47. The number of benzene rings is 2. The molecule has 3 atom stereocenters. The summed E-state index contributed by atoms with van der Waals surface area (Å²) in [4.78, 5) is 36.2. The Morgan fingerprint density at radius 2 is 1.68 bits per heavy atom. The number of hydrogen-bond donors (Lipinski definition) is 4. The standard InChI is InChI=1S/C22H23N3O6/c1-14(26)19(25-22(30)31-13-17-5-3-2-4-6-17)20(27)24-18(21(28)29)11-15-7-9-16(12-23)10-8-15/h2-10,14,18-19,26H,11,13H2,1H3,(H,24,27)(H,25,30)(H,28,29)/t14-,18+,19+/m1/s1. The van der Waals surface area contributed by atoms with E-state index in [0.29, 0.717) is 11.1 Å². The van der Waals surface area contributed by atoms with Gasteiger partial charge in [0.15, 0.2) is 0 Å². The molecule has 0 bridgehead atoms. The number of hydrogen-bond acceptors (Lipinski definition) is 6. The van der Waals surface area contributed by atoms with Crippen LogP contribution in [0.3, 0.4) is 0 Å². The minimum Gasteiger partial charge on any atom is -0.480 e. The molecule has 2 amide bonds. The molecule has 31 heavy (non-hydrogen) atoms. The predicted molar refractivity (Wildman–Crippen MR) is 110 cm³/mol. The van der Waals surface area contributed by atoms with Crippen LogP contribution in [0.5, 0.6) is 0 Å². The van der Waals surface area contributed by atoms with Crippen molar-refractivity contribution in [3.63, 3.8) is 0 Å².